The van der Waals surface area contributed by atoms with Gasteiger partial charge in [-0.2, -0.15) is 0 Å². The minimum absolute atomic E-state index is 0.297. The van der Waals surface area contributed by atoms with Gasteiger partial charge in [0.15, 0.2) is 5.82 Å². The lowest BCUT2D eigenvalue weighted by Gasteiger charge is -2.23. The van der Waals surface area contributed by atoms with Crippen molar-refractivity contribution < 1.29 is 0 Å². The van der Waals surface area contributed by atoms with Crippen LogP contribution in [-0.2, 0) is 0 Å². The second-order valence-corrected chi connectivity index (χ2v) is 8.18. The molecule has 2 aliphatic heterocycles. The highest BCUT2D eigenvalue weighted by Gasteiger charge is 2.37. The summed E-state index contributed by atoms with van der Waals surface area (Å²) in [6.45, 7) is 3.04. The van der Waals surface area contributed by atoms with E-state index < -0.39 is 0 Å². The van der Waals surface area contributed by atoms with Crippen molar-refractivity contribution in [2.75, 3.05) is 6.54 Å². The third-order valence-electron chi connectivity index (χ3n) is 3.78. The summed E-state index contributed by atoms with van der Waals surface area (Å²) in [7, 11) is 0. The van der Waals surface area contributed by atoms with Crippen molar-refractivity contribution in [3.05, 3.63) is 26.2 Å². The van der Waals surface area contributed by atoms with E-state index in [4.69, 9.17) is 12.2 Å². The molecule has 0 amide bonds. The minimum atomic E-state index is 0.297. The predicted octanol–water partition coefficient (Wildman–Crippen LogP) is 3.07. The molecule has 0 bridgehead atoms. The number of hydrogen-bond donors (Lipinski definition) is 0. The van der Waals surface area contributed by atoms with Crippen LogP contribution in [0.2, 0.25) is 0 Å². The second-order valence-electron chi connectivity index (χ2n) is 4.87. The first-order valence-electron chi connectivity index (χ1n) is 6.19. The fraction of sp³-hybridized carbons (Fsp3) is 0.417. The van der Waals surface area contributed by atoms with E-state index in [0.717, 1.165) is 35.2 Å². The van der Waals surface area contributed by atoms with E-state index in [1.54, 1.807) is 11.3 Å². The molecule has 19 heavy (non-hydrogen) atoms. The molecule has 1 atom stereocenters. The molecule has 0 radical (unpaired) electrons. The maximum atomic E-state index is 5.72. The van der Waals surface area contributed by atoms with Crippen LogP contribution in [0, 0.1) is 9.81 Å². The van der Waals surface area contributed by atoms with Gasteiger partial charge in [-0.05, 0) is 48.4 Å². The topological polar surface area (TPSA) is 34.0 Å². The van der Waals surface area contributed by atoms with Crippen LogP contribution in [0.25, 0.3) is 5.00 Å². The Hall–Kier alpha value is -0.540. The molecule has 0 saturated carbocycles. The average Bonchev–Trinajstić information content (AvgIpc) is 3.04. The van der Waals surface area contributed by atoms with E-state index in [2.05, 4.69) is 48.3 Å². The first kappa shape index (κ1) is 12.2. The van der Waals surface area contributed by atoms with Gasteiger partial charge in [0.25, 0.3) is 0 Å². The number of aromatic nitrogens is 3. The van der Waals surface area contributed by atoms with Crippen molar-refractivity contribution in [3.8, 4) is 5.00 Å². The van der Waals surface area contributed by atoms with Crippen LogP contribution in [0.4, 0.5) is 0 Å². The summed E-state index contributed by atoms with van der Waals surface area (Å²) in [5.41, 5.74) is 1.16. The highest BCUT2D eigenvalue weighted by molar-refractivity contribution is 14.1. The summed E-state index contributed by atoms with van der Waals surface area (Å²) in [5.74, 6) is 2.00. The Morgan fingerprint density at radius 3 is 3.16 bits per heavy atom. The van der Waals surface area contributed by atoms with Crippen molar-refractivity contribution in [1.29, 1.82) is 0 Å². The van der Waals surface area contributed by atoms with Gasteiger partial charge in [-0.15, -0.1) is 21.5 Å². The van der Waals surface area contributed by atoms with Crippen LogP contribution in [0.1, 0.15) is 36.1 Å². The van der Waals surface area contributed by atoms with Crippen LogP contribution in [0.5, 0.6) is 0 Å². The van der Waals surface area contributed by atoms with E-state index in [9.17, 15) is 0 Å². The summed E-state index contributed by atoms with van der Waals surface area (Å²) >= 11 is 9.84. The van der Waals surface area contributed by atoms with Gasteiger partial charge in [0.05, 0.1) is 8.93 Å². The van der Waals surface area contributed by atoms with Gasteiger partial charge in [0.2, 0.25) is 0 Å². The molecule has 0 aromatic carbocycles. The fourth-order valence-electron chi connectivity index (χ4n) is 2.95. The van der Waals surface area contributed by atoms with Crippen LogP contribution < -0.4 is 0 Å². The molecule has 7 heteroatoms. The van der Waals surface area contributed by atoms with E-state index in [1.807, 2.05) is 6.92 Å². The predicted molar refractivity (Wildman–Crippen MR) is 87.1 cm³/mol. The van der Waals surface area contributed by atoms with Crippen molar-refractivity contribution in [2.24, 2.45) is 0 Å². The van der Waals surface area contributed by atoms with Gasteiger partial charge >= 0.3 is 0 Å². The molecule has 0 N–H and O–H groups in total. The number of thiophene rings is 1. The fourth-order valence-corrected chi connectivity index (χ4v) is 5.27. The zero-order valence-electron chi connectivity index (χ0n) is 10.3. The van der Waals surface area contributed by atoms with Crippen molar-refractivity contribution in [1.82, 2.24) is 19.7 Å². The Bertz CT molecular complexity index is 690. The molecular weight excluding hydrogens is 391 g/mol. The molecule has 4 nitrogen and oxygen atoms in total. The molecule has 98 valence electrons. The van der Waals surface area contributed by atoms with Crippen LogP contribution in [0.15, 0.2) is 6.07 Å². The Morgan fingerprint density at radius 1 is 1.47 bits per heavy atom. The summed E-state index contributed by atoms with van der Waals surface area (Å²) in [4.78, 5) is 3.30. The van der Waals surface area contributed by atoms with E-state index in [-0.39, 0.29) is 0 Å². The molecule has 2 aromatic rings. The van der Waals surface area contributed by atoms with Crippen LogP contribution >= 0.6 is 46.1 Å². The zero-order valence-corrected chi connectivity index (χ0v) is 14.0. The van der Waals surface area contributed by atoms with Crippen LogP contribution in [-0.4, -0.2) is 31.2 Å². The Morgan fingerprint density at radius 2 is 2.32 bits per heavy atom. The number of rotatable bonds is 0. The smallest absolute Gasteiger partial charge is 0.161 e. The summed E-state index contributed by atoms with van der Waals surface area (Å²) < 4.78 is 3.45. The SMILES string of the molecule is Cc1nnc2n1-c1sc(I)cc1C(=S)N1CCC[C@H]21. The van der Waals surface area contributed by atoms with Crippen molar-refractivity contribution in [2.45, 2.75) is 25.8 Å². The van der Waals surface area contributed by atoms with Gasteiger partial charge in [0, 0.05) is 12.1 Å². The zero-order chi connectivity index (χ0) is 13.1. The Balaban J connectivity index is 2.06. The number of hydrogen-bond acceptors (Lipinski definition) is 4. The van der Waals surface area contributed by atoms with Crippen molar-refractivity contribution in [3.63, 3.8) is 0 Å². The number of aryl methyl sites for hydroxylation is 1. The Kier molecular flexibility index (Phi) is 2.72. The lowest BCUT2D eigenvalue weighted by Crippen LogP contribution is -2.28. The number of fused-ring (bicyclic) bond motifs is 5. The van der Waals surface area contributed by atoms with Gasteiger partial charge < -0.3 is 4.90 Å². The van der Waals surface area contributed by atoms with Crippen LogP contribution in [0.3, 0.4) is 0 Å². The van der Waals surface area contributed by atoms with Gasteiger partial charge in [-0.1, -0.05) is 12.2 Å². The third kappa shape index (κ3) is 1.64. The van der Waals surface area contributed by atoms with Crippen molar-refractivity contribution >= 4 is 51.1 Å². The molecular formula is C12H11IN4S2. The highest BCUT2D eigenvalue weighted by Crippen LogP contribution is 2.41. The molecule has 0 unspecified atom stereocenters. The number of halogens is 1. The maximum absolute atomic E-state index is 5.72. The molecule has 2 aromatic heterocycles. The minimum Gasteiger partial charge on any atom is -0.352 e. The molecule has 1 saturated heterocycles. The lowest BCUT2D eigenvalue weighted by atomic mass is 10.2. The molecule has 0 spiro atoms. The normalized spacial score (nSPS) is 21.1. The summed E-state index contributed by atoms with van der Waals surface area (Å²) in [6.07, 6.45) is 2.29. The van der Waals surface area contributed by atoms with Gasteiger partial charge in [-0.3, -0.25) is 4.57 Å². The third-order valence-corrected chi connectivity index (χ3v) is 6.11. The average molecular weight is 402 g/mol. The molecule has 1 fully saturated rings. The monoisotopic (exact) mass is 402 g/mol. The highest BCUT2D eigenvalue weighted by atomic mass is 127. The first-order valence-corrected chi connectivity index (χ1v) is 8.50. The van der Waals surface area contributed by atoms with Gasteiger partial charge in [-0.25, -0.2) is 0 Å². The number of thiocarbonyl (C=S) groups is 1. The first-order chi connectivity index (χ1) is 9.16. The standard InChI is InChI=1S/C12H11IN4S2/c1-6-14-15-10-8-3-2-4-16(8)11(18)7-5-9(13)19-12(7)17(6)10/h5,8H,2-4H2,1H3/t8-/m1/s1. The number of nitrogens with zero attached hydrogens (tertiary/aromatic N) is 4. The van der Waals surface area contributed by atoms with E-state index >= 15 is 0 Å². The summed E-state index contributed by atoms with van der Waals surface area (Å²) in [6, 6.07) is 2.48. The van der Waals surface area contributed by atoms with Gasteiger partial charge in [0.1, 0.15) is 15.8 Å². The van der Waals surface area contributed by atoms with E-state index in [0.29, 0.717) is 6.04 Å². The maximum Gasteiger partial charge on any atom is 0.161 e. The Labute approximate surface area is 134 Å². The molecule has 2 aliphatic rings. The quantitative estimate of drug-likeness (QED) is 0.501. The lowest BCUT2D eigenvalue weighted by molar-refractivity contribution is 0.391. The molecule has 4 heterocycles. The van der Waals surface area contributed by atoms with E-state index in [1.165, 1.54) is 14.3 Å². The molecule has 0 aliphatic carbocycles. The summed E-state index contributed by atoms with van der Waals surface area (Å²) in [5, 5.41) is 9.88. The largest absolute Gasteiger partial charge is 0.352 e. The molecule has 4 rings (SSSR count). The second kappa shape index (κ2) is 4.23.